The molecule has 1 aromatic carbocycles. The monoisotopic (exact) mass is 373 g/mol. The number of aryl methyl sites for hydroxylation is 3. The van der Waals surface area contributed by atoms with Gasteiger partial charge >= 0.3 is 0 Å². The Morgan fingerprint density at radius 3 is 2.23 bits per heavy atom. The third-order valence-corrected chi connectivity index (χ3v) is 4.85. The lowest BCUT2D eigenvalue weighted by molar-refractivity contribution is -0.131. The third kappa shape index (κ3) is 4.69. The van der Waals surface area contributed by atoms with Crippen LogP contribution in [0, 0.1) is 26.2 Å². The molecule has 2 aromatic rings. The van der Waals surface area contributed by atoms with Gasteiger partial charge in [0.1, 0.15) is 6.04 Å². The van der Waals surface area contributed by atoms with E-state index in [0.29, 0.717) is 5.13 Å². The topological polar surface area (TPSA) is 71.1 Å². The van der Waals surface area contributed by atoms with E-state index in [2.05, 4.69) is 48.5 Å². The minimum absolute atomic E-state index is 0.161. The molecule has 2 amide bonds. The quantitative estimate of drug-likeness (QED) is 0.843. The summed E-state index contributed by atoms with van der Waals surface area (Å²) in [5.41, 5.74) is 4.96. The van der Waals surface area contributed by atoms with E-state index < -0.39 is 11.5 Å². The van der Waals surface area contributed by atoms with Crippen LogP contribution in [0.3, 0.4) is 0 Å². The van der Waals surface area contributed by atoms with E-state index in [1.54, 1.807) is 6.92 Å². The number of hydrogen-bond acceptors (Lipinski definition) is 4. The highest BCUT2D eigenvalue weighted by atomic mass is 32.1. The first-order valence-electron chi connectivity index (χ1n) is 8.64. The molecule has 0 aliphatic rings. The van der Waals surface area contributed by atoms with Crippen molar-refractivity contribution in [2.75, 3.05) is 5.32 Å². The van der Waals surface area contributed by atoms with Crippen molar-refractivity contribution in [1.29, 1.82) is 0 Å². The van der Waals surface area contributed by atoms with Crippen LogP contribution in [0.5, 0.6) is 0 Å². The van der Waals surface area contributed by atoms with Gasteiger partial charge in [0, 0.05) is 16.4 Å². The molecule has 5 nitrogen and oxygen atoms in total. The largest absolute Gasteiger partial charge is 0.344 e. The van der Waals surface area contributed by atoms with Crippen LogP contribution in [0.25, 0.3) is 11.3 Å². The maximum Gasteiger partial charge on any atom is 0.248 e. The van der Waals surface area contributed by atoms with Gasteiger partial charge in [0.15, 0.2) is 5.13 Å². The highest BCUT2D eigenvalue weighted by Crippen LogP contribution is 2.31. The molecule has 1 heterocycles. The van der Waals surface area contributed by atoms with Crippen LogP contribution in [0.1, 0.15) is 44.4 Å². The highest BCUT2D eigenvalue weighted by molar-refractivity contribution is 7.14. The van der Waals surface area contributed by atoms with Crippen molar-refractivity contribution in [1.82, 2.24) is 10.3 Å². The summed E-state index contributed by atoms with van der Waals surface area (Å²) in [5.74, 6) is -0.438. The van der Waals surface area contributed by atoms with Crippen LogP contribution in [0.15, 0.2) is 17.5 Å². The molecule has 0 saturated heterocycles. The van der Waals surface area contributed by atoms with Gasteiger partial charge in [0.05, 0.1) is 5.69 Å². The van der Waals surface area contributed by atoms with Gasteiger partial charge in [0.2, 0.25) is 11.8 Å². The van der Waals surface area contributed by atoms with Gasteiger partial charge in [-0.15, -0.1) is 11.3 Å². The summed E-state index contributed by atoms with van der Waals surface area (Å²) in [6.45, 7) is 13.3. The minimum Gasteiger partial charge on any atom is -0.344 e. The Labute approximate surface area is 159 Å². The molecule has 0 unspecified atom stereocenters. The zero-order valence-electron chi connectivity index (χ0n) is 16.5. The molecule has 6 heteroatoms. The van der Waals surface area contributed by atoms with Crippen LogP contribution in [0.2, 0.25) is 0 Å². The first-order valence-corrected chi connectivity index (χ1v) is 9.52. The van der Waals surface area contributed by atoms with E-state index in [4.69, 9.17) is 0 Å². The number of anilines is 1. The molecule has 1 atom stereocenters. The van der Waals surface area contributed by atoms with E-state index in [1.165, 1.54) is 16.9 Å². The molecule has 26 heavy (non-hydrogen) atoms. The number of amides is 2. The predicted octanol–water partition coefficient (Wildman–Crippen LogP) is 4.22. The van der Waals surface area contributed by atoms with Crippen molar-refractivity contribution < 1.29 is 9.59 Å². The van der Waals surface area contributed by atoms with Gasteiger partial charge in [-0.1, -0.05) is 38.5 Å². The fraction of sp³-hybridized carbons (Fsp3) is 0.450. The Bertz CT molecular complexity index is 811. The standard InChI is InChI=1S/C20H27N3O2S/c1-11-8-12(2)16(13(3)9-11)15-10-26-19(22-15)23-17(24)14(4)21-18(25)20(5,6)7/h8-10,14H,1-7H3,(H,21,25)(H,22,23,24)/t14-/m1/s1. The molecule has 0 bridgehead atoms. The zero-order valence-corrected chi connectivity index (χ0v) is 17.3. The van der Waals surface area contributed by atoms with Crippen molar-refractivity contribution in [3.8, 4) is 11.3 Å². The fourth-order valence-corrected chi connectivity index (χ4v) is 3.43. The van der Waals surface area contributed by atoms with Crippen molar-refractivity contribution in [2.24, 2.45) is 5.41 Å². The summed E-state index contributed by atoms with van der Waals surface area (Å²) in [6.07, 6.45) is 0. The number of nitrogens with zero attached hydrogens (tertiary/aromatic N) is 1. The number of hydrogen-bond donors (Lipinski definition) is 2. The van der Waals surface area contributed by atoms with Gasteiger partial charge in [-0.3, -0.25) is 9.59 Å². The lowest BCUT2D eigenvalue weighted by atomic mass is 9.95. The smallest absolute Gasteiger partial charge is 0.248 e. The van der Waals surface area contributed by atoms with Crippen molar-refractivity contribution in [3.63, 3.8) is 0 Å². The van der Waals surface area contributed by atoms with E-state index in [-0.39, 0.29) is 11.8 Å². The summed E-state index contributed by atoms with van der Waals surface area (Å²) in [7, 11) is 0. The Kier molecular flexibility index (Phi) is 5.86. The van der Waals surface area contributed by atoms with Crippen LogP contribution < -0.4 is 10.6 Å². The second-order valence-corrected chi connectivity index (χ2v) is 8.60. The van der Waals surface area contributed by atoms with Crippen molar-refractivity contribution in [3.05, 3.63) is 34.2 Å². The summed E-state index contributed by atoms with van der Waals surface area (Å²) < 4.78 is 0. The summed E-state index contributed by atoms with van der Waals surface area (Å²) >= 11 is 1.38. The molecule has 2 N–H and O–H groups in total. The molecule has 0 radical (unpaired) electrons. The number of thiazole rings is 1. The molecule has 1 aromatic heterocycles. The Morgan fingerprint density at radius 1 is 1.12 bits per heavy atom. The number of carbonyl (C=O) groups excluding carboxylic acids is 2. The molecule has 140 valence electrons. The van der Waals surface area contributed by atoms with Gasteiger partial charge in [-0.25, -0.2) is 4.98 Å². The maximum atomic E-state index is 12.3. The maximum absolute atomic E-state index is 12.3. The predicted molar refractivity (Wildman–Crippen MR) is 107 cm³/mol. The number of nitrogens with one attached hydrogen (secondary N) is 2. The highest BCUT2D eigenvalue weighted by Gasteiger charge is 2.25. The van der Waals surface area contributed by atoms with Crippen LogP contribution >= 0.6 is 11.3 Å². The fourth-order valence-electron chi connectivity index (χ4n) is 2.72. The summed E-state index contributed by atoms with van der Waals surface area (Å²) in [6, 6.07) is 3.63. The molecule has 0 spiro atoms. The van der Waals surface area contributed by atoms with Crippen LogP contribution in [-0.2, 0) is 9.59 Å². The zero-order chi connectivity index (χ0) is 19.6. The third-order valence-electron chi connectivity index (χ3n) is 4.09. The average Bonchev–Trinajstić information content (AvgIpc) is 2.93. The Hall–Kier alpha value is -2.21. The average molecular weight is 374 g/mol. The molecular weight excluding hydrogens is 346 g/mol. The molecule has 0 aliphatic heterocycles. The van der Waals surface area contributed by atoms with Crippen LogP contribution in [-0.4, -0.2) is 22.8 Å². The Balaban J connectivity index is 2.11. The minimum atomic E-state index is -0.628. The molecule has 0 aliphatic carbocycles. The number of rotatable bonds is 4. The Morgan fingerprint density at radius 2 is 1.69 bits per heavy atom. The molecule has 0 fully saturated rings. The van der Waals surface area contributed by atoms with E-state index in [0.717, 1.165) is 22.4 Å². The lowest BCUT2D eigenvalue weighted by Crippen LogP contribution is -2.46. The van der Waals surface area contributed by atoms with Gasteiger partial charge < -0.3 is 10.6 Å². The van der Waals surface area contributed by atoms with Gasteiger partial charge in [-0.05, 0) is 38.8 Å². The second-order valence-electron chi connectivity index (χ2n) is 7.75. The van der Waals surface area contributed by atoms with Gasteiger partial charge in [-0.2, -0.15) is 0 Å². The number of aromatic nitrogens is 1. The van der Waals surface area contributed by atoms with Crippen LogP contribution in [0.4, 0.5) is 5.13 Å². The van der Waals surface area contributed by atoms with Crippen molar-refractivity contribution >= 4 is 28.3 Å². The second kappa shape index (κ2) is 7.58. The lowest BCUT2D eigenvalue weighted by Gasteiger charge is -2.21. The van der Waals surface area contributed by atoms with Crippen molar-refractivity contribution in [2.45, 2.75) is 54.5 Å². The van der Waals surface area contributed by atoms with E-state index in [1.807, 2.05) is 26.2 Å². The SMILES string of the molecule is Cc1cc(C)c(-c2csc(NC(=O)[C@@H](C)NC(=O)C(C)(C)C)n2)c(C)c1. The van der Waals surface area contributed by atoms with E-state index in [9.17, 15) is 9.59 Å². The first kappa shape index (κ1) is 20.1. The normalized spacial score (nSPS) is 12.6. The number of carbonyl (C=O) groups is 2. The number of benzene rings is 1. The summed E-state index contributed by atoms with van der Waals surface area (Å²) in [4.78, 5) is 28.9. The molecule has 2 rings (SSSR count). The first-order chi connectivity index (χ1) is 12.0. The van der Waals surface area contributed by atoms with E-state index >= 15 is 0 Å². The summed E-state index contributed by atoms with van der Waals surface area (Å²) in [5, 5.41) is 7.99. The van der Waals surface area contributed by atoms with Gasteiger partial charge in [0.25, 0.3) is 0 Å². The molecular formula is C20H27N3O2S. The molecule has 0 saturated carbocycles.